The summed E-state index contributed by atoms with van der Waals surface area (Å²) in [5, 5.41) is 0. The van der Waals surface area contributed by atoms with Crippen molar-refractivity contribution in [3.63, 3.8) is 0 Å². The second kappa shape index (κ2) is 2.84. The van der Waals surface area contributed by atoms with Crippen LogP contribution in [0.25, 0.3) is 0 Å². The Morgan fingerprint density at radius 3 is 1.50 bits per heavy atom. The zero-order valence-electron chi connectivity index (χ0n) is 2.70. The minimum Gasteiger partial charge on any atom is -0.790 e. The average molecular weight is 166 g/mol. The molecule has 0 fully saturated rings. The molecule has 0 bridgehead atoms. The predicted molar refractivity (Wildman–Crippen MR) is 15.6 cm³/mol. The maximum Gasteiger partial charge on any atom is 0.0557 e. The van der Waals surface area contributed by atoms with E-state index in [1.165, 1.54) is 0 Å². The van der Waals surface area contributed by atoms with Crippen LogP contribution in [-0.2, 0) is 4.57 Å². The largest absolute Gasteiger partial charge is 0.790 e. The van der Waals surface area contributed by atoms with Crippen LogP contribution in [0.3, 0.4) is 0 Å². The van der Waals surface area contributed by atoms with Gasteiger partial charge in [0.1, 0.15) is 0 Å². The van der Waals surface area contributed by atoms with Crippen molar-refractivity contribution in [2.24, 2.45) is 0 Å². The Morgan fingerprint density at radius 2 is 1.50 bits per heavy atom. The smallest absolute Gasteiger partial charge is 0.0557 e. The Kier molecular flexibility index (Phi) is 4.69. The molecule has 0 aromatic rings. The summed E-state index contributed by atoms with van der Waals surface area (Å²) in [5.41, 5.74) is 0. The van der Waals surface area contributed by atoms with Crippen LogP contribution in [0, 0.1) is 0 Å². The molecule has 0 amide bonds. The van der Waals surface area contributed by atoms with Crippen molar-refractivity contribution >= 4 is 27.6 Å². The van der Waals surface area contributed by atoms with Crippen LogP contribution in [0.2, 0.25) is 0 Å². The van der Waals surface area contributed by atoms with Gasteiger partial charge < -0.3 is 19.2 Å². The molecule has 0 unspecified atom stereocenters. The van der Waals surface area contributed by atoms with Crippen molar-refractivity contribution in [3.8, 4) is 0 Å². The van der Waals surface area contributed by atoms with Gasteiger partial charge in [-0.15, -0.1) is 0 Å². The van der Waals surface area contributed by atoms with Crippen molar-refractivity contribution in [1.29, 1.82) is 0 Å². The van der Waals surface area contributed by atoms with E-state index in [4.69, 9.17) is 19.2 Å². The molecule has 0 rings (SSSR count). The molecule has 0 aliphatic heterocycles. The number of hydrogen-bond donors (Lipinski definition) is 1. The molecule has 0 saturated heterocycles. The fourth-order valence-corrected chi connectivity index (χ4v) is 0. The number of hydrogen-bond acceptors (Lipinski definition) is 3. The van der Waals surface area contributed by atoms with Gasteiger partial charge in [-0.3, -0.25) is 0 Å². The van der Waals surface area contributed by atoms with E-state index in [1.54, 1.807) is 0 Å². The Labute approximate surface area is 47.5 Å². The van der Waals surface area contributed by atoms with E-state index in [0.29, 0.717) is 0 Å². The summed E-state index contributed by atoms with van der Waals surface area (Å²) in [5.74, 6) is 0. The van der Waals surface area contributed by atoms with Gasteiger partial charge in [0.2, 0.25) is 0 Å². The SMILES string of the molecule is O=P([O-])([O-])O.[Ga]. The van der Waals surface area contributed by atoms with Crippen molar-refractivity contribution < 1.29 is 19.2 Å². The summed E-state index contributed by atoms with van der Waals surface area (Å²) in [6, 6.07) is 0. The van der Waals surface area contributed by atoms with Gasteiger partial charge in [0, 0.05) is 19.8 Å². The van der Waals surface area contributed by atoms with E-state index >= 15 is 0 Å². The van der Waals surface area contributed by atoms with Gasteiger partial charge in [0.05, 0.1) is 7.82 Å². The molecular formula is HGaO4P-2. The summed E-state index contributed by atoms with van der Waals surface area (Å²) < 4.78 is 8.66. The topological polar surface area (TPSA) is 83.4 Å². The summed E-state index contributed by atoms with van der Waals surface area (Å²) in [4.78, 5) is 24.3. The molecule has 0 aromatic carbocycles. The fourth-order valence-electron chi connectivity index (χ4n) is 0. The second-order valence-electron chi connectivity index (χ2n) is 0.469. The number of phosphoric acid groups is 1. The van der Waals surface area contributed by atoms with E-state index in [2.05, 4.69) is 0 Å². The van der Waals surface area contributed by atoms with Crippen LogP contribution in [-0.4, -0.2) is 24.7 Å². The molecule has 0 aliphatic carbocycles. The Bertz CT molecular complexity index is 53.7. The van der Waals surface area contributed by atoms with E-state index in [9.17, 15) is 0 Å². The first-order valence-corrected chi connectivity index (χ1v) is 2.24. The van der Waals surface area contributed by atoms with Crippen LogP contribution in [0.1, 0.15) is 0 Å². The van der Waals surface area contributed by atoms with Gasteiger partial charge in [0.15, 0.2) is 0 Å². The van der Waals surface area contributed by atoms with Crippen molar-refractivity contribution in [2.45, 2.75) is 0 Å². The van der Waals surface area contributed by atoms with E-state index in [0.717, 1.165) is 0 Å². The Balaban J connectivity index is 0. The van der Waals surface area contributed by atoms with Gasteiger partial charge in [-0.1, -0.05) is 0 Å². The Morgan fingerprint density at radius 1 is 1.50 bits per heavy atom. The maximum absolute atomic E-state index is 8.66. The summed E-state index contributed by atoms with van der Waals surface area (Å²) in [6.07, 6.45) is 0. The molecular weight excluding hydrogens is 165 g/mol. The molecule has 0 saturated carbocycles. The molecule has 0 aliphatic rings. The molecule has 1 N–H and O–H groups in total. The van der Waals surface area contributed by atoms with Crippen LogP contribution in [0.5, 0.6) is 0 Å². The first-order chi connectivity index (χ1) is 2.00. The van der Waals surface area contributed by atoms with Crippen LogP contribution in [0.4, 0.5) is 0 Å². The monoisotopic (exact) mass is 165 g/mol. The minimum atomic E-state index is -5.14. The van der Waals surface area contributed by atoms with Crippen molar-refractivity contribution in [1.82, 2.24) is 0 Å². The predicted octanol–water partition coefficient (Wildman–Crippen LogP) is -2.57. The zero-order valence-corrected chi connectivity index (χ0v) is 6.01. The van der Waals surface area contributed by atoms with Crippen LogP contribution < -0.4 is 9.79 Å². The normalized spacial score (nSPS) is 9.83. The maximum atomic E-state index is 8.66. The van der Waals surface area contributed by atoms with E-state index < -0.39 is 7.82 Å². The van der Waals surface area contributed by atoms with Gasteiger partial charge in [0.25, 0.3) is 0 Å². The minimum absolute atomic E-state index is 0. The van der Waals surface area contributed by atoms with Gasteiger partial charge in [-0.05, 0) is 0 Å². The first kappa shape index (κ1) is 9.89. The average Bonchev–Trinajstić information content (AvgIpc) is 0.722. The van der Waals surface area contributed by atoms with Crippen LogP contribution in [0.15, 0.2) is 0 Å². The van der Waals surface area contributed by atoms with Gasteiger partial charge >= 0.3 is 0 Å². The fraction of sp³-hybridized carbons (Fsp3) is 0. The molecule has 4 nitrogen and oxygen atoms in total. The third kappa shape index (κ3) is 120. The Hall–Kier alpha value is 0.746. The number of rotatable bonds is 0. The zero-order chi connectivity index (χ0) is 4.50. The molecule has 35 valence electrons. The molecule has 6 heteroatoms. The standard InChI is InChI=1S/Ga.H3O4P/c;1-5(2,3)4/h;(H3,1,2,3,4)/p-2. The van der Waals surface area contributed by atoms with E-state index in [1.807, 2.05) is 0 Å². The van der Waals surface area contributed by atoms with Gasteiger partial charge in [-0.25, -0.2) is 0 Å². The van der Waals surface area contributed by atoms with Crippen molar-refractivity contribution in [3.05, 3.63) is 0 Å². The summed E-state index contributed by atoms with van der Waals surface area (Å²) in [7, 11) is -5.14. The second-order valence-corrected chi connectivity index (χ2v) is 1.41. The molecule has 0 heterocycles. The molecule has 0 spiro atoms. The van der Waals surface area contributed by atoms with Crippen molar-refractivity contribution in [2.75, 3.05) is 0 Å². The molecule has 0 aromatic heterocycles. The van der Waals surface area contributed by atoms with Crippen LogP contribution >= 0.6 is 7.82 Å². The summed E-state index contributed by atoms with van der Waals surface area (Å²) >= 11 is 0. The third-order valence-corrected chi connectivity index (χ3v) is 0. The molecule has 0 atom stereocenters. The van der Waals surface area contributed by atoms with Gasteiger partial charge in [-0.2, -0.15) is 0 Å². The third-order valence-electron chi connectivity index (χ3n) is 0. The quantitative estimate of drug-likeness (QED) is 0.316. The first-order valence-electron chi connectivity index (χ1n) is 0.748. The summed E-state index contributed by atoms with van der Waals surface area (Å²) in [6.45, 7) is 0. The molecule has 3 radical (unpaired) electrons. The molecule has 6 heavy (non-hydrogen) atoms. The van der Waals surface area contributed by atoms with E-state index in [-0.39, 0.29) is 19.8 Å².